The van der Waals surface area contributed by atoms with E-state index in [1.807, 2.05) is 6.92 Å². The highest BCUT2D eigenvalue weighted by atomic mass is 32.2. The largest absolute Gasteiger partial charge is 0.506 e. The Hall–Kier alpha value is -4.17. The minimum absolute atomic E-state index is 0.119. The van der Waals surface area contributed by atoms with Crippen LogP contribution in [-0.4, -0.2) is 50.6 Å². The Morgan fingerprint density at radius 1 is 1.17 bits per heavy atom. The van der Waals surface area contributed by atoms with Gasteiger partial charge in [-0.05, 0) is 38.1 Å². The Morgan fingerprint density at radius 3 is 2.63 bits per heavy atom. The SMILES string of the molecule is COc1cccc(O)c1-n1c(NS(=O)(=O)[C@@H](C)[C@H](C)c2cnc(C)cn2)nnc1C1=C=C=CC=C1. The van der Waals surface area contributed by atoms with Crippen molar-refractivity contribution in [1.29, 1.82) is 0 Å². The maximum atomic E-state index is 13.4. The number of allylic oxidation sites excluding steroid dienone is 4. The van der Waals surface area contributed by atoms with Gasteiger partial charge in [-0.3, -0.25) is 19.3 Å². The molecular formula is C24H24N6O4S. The molecule has 2 aromatic heterocycles. The molecule has 180 valence electrons. The van der Waals surface area contributed by atoms with Gasteiger partial charge in [-0.2, -0.15) is 0 Å². The minimum Gasteiger partial charge on any atom is -0.506 e. The molecule has 0 saturated carbocycles. The molecule has 0 aliphatic heterocycles. The first-order valence-electron chi connectivity index (χ1n) is 10.7. The Bertz CT molecular complexity index is 1500. The number of para-hydroxylation sites is 1. The first kappa shape index (κ1) is 24.0. The van der Waals surface area contributed by atoms with Crippen molar-refractivity contribution in [3.05, 3.63) is 77.5 Å². The molecule has 0 bridgehead atoms. The van der Waals surface area contributed by atoms with Gasteiger partial charge >= 0.3 is 0 Å². The number of hydrogen-bond acceptors (Lipinski definition) is 8. The van der Waals surface area contributed by atoms with Gasteiger partial charge in [0.25, 0.3) is 0 Å². The fourth-order valence-electron chi connectivity index (χ4n) is 3.49. The van der Waals surface area contributed by atoms with Crippen LogP contribution in [0.5, 0.6) is 11.5 Å². The van der Waals surface area contributed by atoms with Gasteiger partial charge in [0.05, 0.1) is 29.3 Å². The molecule has 1 aromatic carbocycles. The zero-order chi connectivity index (χ0) is 25.2. The van der Waals surface area contributed by atoms with Crippen LogP contribution in [0.4, 0.5) is 5.95 Å². The molecule has 1 aliphatic rings. The summed E-state index contributed by atoms with van der Waals surface area (Å²) in [4.78, 5) is 8.53. The average Bonchev–Trinajstić information content (AvgIpc) is 3.26. The molecule has 10 nitrogen and oxygen atoms in total. The van der Waals surface area contributed by atoms with Crippen LogP contribution < -0.4 is 9.46 Å². The number of anilines is 1. The van der Waals surface area contributed by atoms with E-state index in [9.17, 15) is 13.5 Å². The van der Waals surface area contributed by atoms with Crippen molar-refractivity contribution in [1.82, 2.24) is 24.7 Å². The van der Waals surface area contributed by atoms with E-state index in [1.54, 1.807) is 56.6 Å². The summed E-state index contributed by atoms with van der Waals surface area (Å²) >= 11 is 0. The quantitative estimate of drug-likeness (QED) is 0.458. The number of phenols is 1. The van der Waals surface area contributed by atoms with Gasteiger partial charge in [0.1, 0.15) is 17.2 Å². The normalized spacial score (nSPS) is 14.5. The molecule has 0 saturated heterocycles. The number of nitrogens with zero attached hydrogens (tertiary/aromatic N) is 5. The number of methoxy groups -OCH3 is 1. The topological polar surface area (TPSA) is 132 Å². The second-order valence-electron chi connectivity index (χ2n) is 7.94. The molecule has 1 aliphatic carbocycles. The van der Waals surface area contributed by atoms with Crippen molar-refractivity contribution >= 4 is 21.5 Å². The lowest BCUT2D eigenvalue weighted by atomic mass is 10.1. The summed E-state index contributed by atoms with van der Waals surface area (Å²) in [7, 11) is -2.54. The first-order valence-corrected chi connectivity index (χ1v) is 12.3. The molecule has 0 radical (unpaired) electrons. The monoisotopic (exact) mass is 492 g/mol. The van der Waals surface area contributed by atoms with Crippen LogP contribution in [0.1, 0.15) is 37.0 Å². The standard InChI is InChI=1S/C24H24N6O4S/c1-15-13-26-19(14-25-15)16(2)17(3)35(32,33)29-24-28-27-23(18-9-6-5-7-10-18)30(24)22-20(31)11-8-12-21(22)34-4/h5-6,8-9,11-14,16-17,31H,1-4H3,(H,28,29)/t16-,17-/m0/s1. The van der Waals surface area contributed by atoms with E-state index >= 15 is 0 Å². The Labute approximate surface area is 203 Å². The lowest BCUT2D eigenvalue weighted by Crippen LogP contribution is -2.31. The summed E-state index contributed by atoms with van der Waals surface area (Å²) in [5.41, 5.74) is 7.73. The highest BCUT2D eigenvalue weighted by Crippen LogP contribution is 2.36. The fraction of sp³-hybridized carbons (Fsp3) is 0.250. The Morgan fingerprint density at radius 2 is 1.97 bits per heavy atom. The van der Waals surface area contributed by atoms with Crippen molar-refractivity contribution in [2.24, 2.45) is 0 Å². The van der Waals surface area contributed by atoms with Crippen LogP contribution in [0, 0.1) is 6.92 Å². The van der Waals surface area contributed by atoms with Crippen LogP contribution in [0.3, 0.4) is 0 Å². The molecular weight excluding hydrogens is 468 g/mol. The van der Waals surface area contributed by atoms with Gasteiger partial charge in [0, 0.05) is 18.3 Å². The highest BCUT2D eigenvalue weighted by molar-refractivity contribution is 7.93. The van der Waals surface area contributed by atoms with Crippen molar-refractivity contribution < 1.29 is 18.3 Å². The highest BCUT2D eigenvalue weighted by Gasteiger charge is 2.32. The summed E-state index contributed by atoms with van der Waals surface area (Å²) in [5, 5.41) is 18.1. The predicted molar refractivity (Wildman–Crippen MR) is 131 cm³/mol. The summed E-state index contributed by atoms with van der Waals surface area (Å²) in [6, 6.07) is 4.71. The fourth-order valence-corrected chi connectivity index (χ4v) is 4.74. The summed E-state index contributed by atoms with van der Waals surface area (Å²) in [5.74, 6) is -0.200. The lowest BCUT2D eigenvalue weighted by Gasteiger charge is -2.21. The number of nitrogens with one attached hydrogen (secondary N) is 1. The maximum absolute atomic E-state index is 13.4. The van der Waals surface area contributed by atoms with Crippen LogP contribution in [0.25, 0.3) is 11.3 Å². The zero-order valence-corrected chi connectivity index (χ0v) is 20.4. The van der Waals surface area contributed by atoms with Crippen LogP contribution in [-0.2, 0) is 10.0 Å². The van der Waals surface area contributed by atoms with Gasteiger partial charge in [0.15, 0.2) is 5.82 Å². The van der Waals surface area contributed by atoms with Crippen molar-refractivity contribution in [2.75, 3.05) is 11.8 Å². The van der Waals surface area contributed by atoms with E-state index in [-0.39, 0.29) is 23.2 Å². The molecule has 0 spiro atoms. The molecule has 3 aromatic rings. The van der Waals surface area contributed by atoms with Crippen LogP contribution in [0.15, 0.2) is 60.3 Å². The molecule has 0 fully saturated rings. The third-order valence-corrected chi connectivity index (χ3v) is 7.52. The Balaban J connectivity index is 1.80. The molecule has 2 heterocycles. The van der Waals surface area contributed by atoms with E-state index in [1.165, 1.54) is 17.7 Å². The molecule has 0 amide bonds. The lowest BCUT2D eigenvalue weighted by molar-refractivity contribution is 0.404. The second kappa shape index (κ2) is 9.60. The first-order chi connectivity index (χ1) is 16.7. The smallest absolute Gasteiger partial charge is 0.243 e. The van der Waals surface area contributed by atoms with Gasteiger partial charge in [-0.25, -0.2) is 8.42 Å². The molecule has 2 atom stereocenters. The third-order valence-electron chi connectivity index (χ3n) is 5.67. The number of phenolic OH excluding ortho intramolecular Hbond substituents is 1. The Kier molecular flexibility index (Phi) is 6.57. The molecule has 4 rings (SSSR count). The number of aryl methyl sites for hydroxylation is 1. The third kappa shape index (κ3) is 4.74. The number of hydrogen-bond donors (Lipinski definition) is 2. The van der Waals surface area contributed by atoms with Crippen molar-refractivity contribution in [3.63, 3.8) is 0 Å². The number of sulfonamides is 1. The van der Waals surface area contributed by atoms with Crippen LogP contribution in [0.2, 0.25) is 0 Å². The van der Waals surface area contributed by atoms with E-state index in [0.717, 1.165) is 5.69 Å². The summed E-state index contributed by atoms with van der Waals surface area (Å²) in [6.45, 7) is 5.15. The van der Waals surface area contributed by atoms with E-state index in [4.69, 9.17) is 4.74 Å². The van der Waals surface area contributed by atoms with Crippen LogP contribution >= 0.6 is 0 Å². The number of benzene rings is 1. The molecule has 0 unspecified atom stereocenters. The number of ether oxygens (including phenoxy) is 1. The van der Waals surface area contributed by atoms with Gasteiger partial charge < -0.3 is 9.84 Å². The molecule has 2 N–H and O–H groups in total. The summed E-state index contributed by atoms with van der Waals surface area (Å²) < 4.78 is 36.2. The number of aromatic hydroxyl groups is 1. The van der Waals surface area contributed by atoms with Gasteiger partial charge in [-0.1, -0.05) is 30.5 Å². The van der Waals surface area contributed by atoms with E-state index in [2.05, 4.69) is 36.3 Å². The number of aromatic nitrogens is 5. The molecule has 35 heavy (non-hydrogen) atoms. The number of rotatable bonds is 8. The molecule has 11 heteroatoms. The van der Waals surface area contributed by atoms with Gasteiger partial charge in [0.2, 0.25) is 16.0 Å². The minimum atomic E-state index is -3.98. The maximum Gasteiger partial charge on any atom is 0.243 e. The van der Waals surface area contributed by atoms with Crippen molar-refractivity contribution in [3.8, 4) is 17.2 Å². The van der Waals surface area contributed by atoms with Crippen molar-refractivity contribution in [2.45, 2.75) is 31.9 Å². The van der Waals surface area contributed by atoms with E-state index < -0.39 is 21.2 Å². The predicted octanol–water partition coefficient (Wildman–Crippen LogP) is 3.28. The average molecular weight is 493 g/mol. The summed E-state index contributed by atoms with van der Waals surface area (Å²) in [6.07, 6.45) is 8.30. The van der Waals surface area contributed by atoms with E-state index in [0.29, 0.717) is 17.0 Å². The van der Waals surface area contributed by atoms with Gasteiger partial charge in [-0.15, -0.1) is 10.2 Å². The second-order valence-corrected chi connectivity index (χ2v) is 9.98. The zero-order valence-electron chi connectivity index (χ0n) is 19.6.